The molecule has 0 aliphatic heterocycles. The Morgan fingerprint density at radius 1 is 1.25 bits per heavy atom. The summed E-state index contributed by atoms with van der Waals surface area (Å²) in [5, 5.41) is 0.841. The van der Waals surface area contributed by atoms with Gasteiger partial charge in [-0.25, -0.2) is 0 Å². The fraction of sp³-hybridized carbons (Fsp3) is 0.529. The summed E-state index contributed by atoms with van der Waals surface area (Å²) in [6.07, 6.45) is 2.86. The van der Waals surface area contributed by atoms with Crippen molar-refractivity contribution in [1.29, 1.82) is 0 Å². The first-order chi connectivity index (χ1) is 9.55. The van der Waals surface area contributed by atoms with E-state index in [9.17, 15) is 0 Å². The van der Waals surface area contributed by atoms with Crippen molar-refractivity contribution < 1.29 is 4.74 Å². The fourth-order valence-electron chi connectivity index (χ4n) is 1.65. The number of hydrogen-bond acceptors (Lipinski definition) is 2. The molecule has 0 atom stereocenters. The Kier molecular flexibility index (Phi) is 7.69. The van der Waals surface area contributed by atoms with Gasteiger partial charge in [-0.15, -0.1) is 5.92 Å². The summed E-state index contributed by atoms with van der Waals surface area (Å²) >= 11 is 6.10. The molecule has 0 saturated heterocycles. The summed E-state index contributed by atoms with van der Waals surface area (Å²) in [7, 11) is 0. The summed E-state index contributed by atoms with van der Waals surface area (Å²) in [6.45, 7) is 5.93. The molecule has 3 heteroatoms. The molecule has 0 amide bonds. The molecule has 110 valence electrons. The highest BCUT2D eigenvalue weighted by Gasteiger charge is 2.14. The molecule has 0 spiro atoms. The number of ether oxygens (including phenoxy) is 1. The Morgan fingerprint density at radius 2 is 2.00 bits per heavy atom. The first kappa shape index (κ1) is 17.0. The molecular formula is C17H24ClNO. The lowest BCUT2D eigenvalue weighted by Crippen LogP contribution is -2.28. The van der Waals surface area contributed by atoms with Crippen LogP contribution in [0.15, 0.2) is 24.3 Å². The maximum absolute atomic E-state index is 6.10. The van der Waals surface area contributed by atoms with Crippen LogP contribution in [0.2, 0.25) is 5.02 Å². The van der Waals surface area contributed by atoms with Gasteiger partial charge in [-0.3, -0.25) is 0 Å². The SMILES string of the molecule is CC(C)(CN)COCC#CCCCc1ccccc1Cl. The number of unbranched alkanes of at least 4 members (excludes halogenated alkanes) is 1. The minimum absolute atomic E-state index is 0.0335. The monoisotopic (exact) mass is 293 g/mol. The smallest absolute Gasteiger partial charge is 0.107 e. The van der Waals surface area contributed by atoms with Crippen LogP contribution in [-0.4, -0.2) is 19.8 Å². The highest BCUT2D eigenvalue weighted by atomic mass is 35.5. The van der Waals surface area contributed by atoms with Crippen molar-refractivity contribution in [3.05, 3.63) is 34.9 Å². The summed E-state index contributed by atoms with van der Waals surface area (Å²) < 4.78 is 5.50. The summed E-state index contributed by atoms with van der Waals surface area (Å²) in [5.41, 5.74) is 6.85. The Morgan fingerprint density at radius 3 is 2.70 bits per heavy atom. The van der Waals surface area contributed by atoms with Crippen LogP contribution < -0.4 is 5.73 Å². The quantitative estimate of drug-likeness (QED) is 0.615. The lowest BCUT2D eigenvalue weighted by atomic mass is 9.95. The van der Waals surface area contributed by atoms with Crippen LogP contribution >= 0.6 is 11.6 Å². The van der Waals surface area contributed by atoms with Gasteiger partial charge < -0.3 is 10.5 Å². The van der Waals surface area contributed by atoms with Crippen LogP contribution in [0.5, 0.6) is 0 Å². The van der Waals surface area contributed by atoms with Crippen LogP contribution in [0.1, 0.15) is 32.3 Å². The lowest BCUT2D eigenvalue weighted by molar-refractivity contribution is 0.0885. The molecule has 1 aromatic rings. The van der Waals surface area contributed by atoms with E-state index in [4.69, 9.17) is 22.1 Å². The molecule has 0 radical (unpaired) electrons. The van der Waals surface area contributed by atoms with Crippen LogP contribution in [0, 0.1) is 17.3 Å². The van der Waals surface area contributed by atoms with E-state index in [0.717, 1.165) is 24.3 Å². The number of rotatable bonds is 7. The van der Waals surface area contributed by atoms with E-state index < -0.39 is 0 Å². The van der Waals surface area contributed by atoms with Crippen molar-refractivity contribution in [1.82, 2.24) is 0 Å². The second-order valence-electron chi connectivity index (χ2n) is 5.66. The van der Waals surface area contributed by atoms with Gasteiger partial charge in [0.2, 0.25) is 0 Å². The van der Waals surface area contributed by atoms with Crippen molar-refractivity contribution >= 4 is 11.6 Å². The molecule has 0 aliphatic carbocycles. The Bertz CT molecular complexity index is 460. The average Bonchev–Trinajstić information content (AvgIpc) is 2.43. The summed E-state index contributed by atoms with van der Waals surface area (Å²) in [5.74, 6) is 6.17. The molecular weight excluding hydrogens is 270 g/mol. The largest absolute Gasteiger partial charge is 0.368 e. The highest BCUT2D eigenvalue weighted by molar-refractivity contribution is 6.31. The molecule has 1 rings (SSSR count). The van der Waals surface area contributed by atoms with E-state index in [0.29, 0.717) is 19.8 Å². The predicted octanol–water partition coefficient (Wildman–Crippen LogP) is 3.67. The zero-order valence-corrected chi connectivity index (χ0v) is 13.2. The standard InChI is InChI=1S/C17H24ClNO/c1-17(2,13-19)14-20-12-8-4-3-5-9-15-10-6-7-11-16(15)18/h6-7,10-11H,3,5,9,12-14,19H2,1-2H3. The van der Waals surface area contributed by atoms with E-state index in [1.807, 2.05) is 18.2 Å². The lowest BCUT2D eigenvalue weighted by Gasteiger charge is -2.20. The van der Waals surface area contributed by atoms with E-state index in [1.165, 1.54) is 5.56 Å². The van der Waals surface area contributed by atoms with Crippen molar-refractivity contribution in [2.45, 2.75) is 33.1 Å². The molecule has 1 aromatic carbocycles. The molecule has 0 fully saturated rings. The molecule has 0 unspecified atom stereocenters. The fourth-order valence-corrected chi connectivity index (χ4v) is 1.88. The third-order valence-corrected chi connectivity index (χ3v) is 3.42. The van der Waals surface area contributed by atoms with Gasteiger partial charge in [0.05, 0.1) is 6.61 Å². The van der Waals surface area contributed by atoms with Gasteiger partial charge in [0.1, 0.15) is 6.61 Å². The maximum atomic E-state index is 6.10. The van der Waals surface area contributed by atoms with Crippen LogP contribution in [0.25, 0.3) is 0 Å². The highest BCUT2D eigenvalue weighted by Crippen LogP contribution is 2.16. The van der Waals surface area contributed by atoms with Gasteiger partial charge in [-0.2, -0.15) is 0 Å². The molecule has 20 heavy (non-hydrogen) atoms. The van der Waals surface area contributed by atoms with Crippen LogP contribution in [-0.2, 0) is 11.2 Å². The van der Waals surface area contributed by atoms with Crippen LogP contribution in [0.3, 0.4) is 0 Å². The maximum Gasteiger partial charge on any atom is 0.107 e. The van der Waals surface area contributed by atoms with Crippen LogP contribution in [0.4, 0.5) is 0 Å². The minimum atomic E-state index is 0.0335. The van der Waals surface area contributed by atoms with Crippen molar-refractivity contribution in [2.24, 2.45) is 11.1 Å². The average molecular weight is 294 g/mol. The zero-order chi connectivity index (χ0) is 14.8. The second-order valence-corrected chi connectivity index (χ2v) is 6.07. The van der Waals surface area contributed by atoms with Gasteiger partial charge in [-0.05, 0) is 31.0 Å². The summed E-state index contributed by atoms with van der Waals surface area (Å²) in [4.78, 5) is 0. The topological polar surface area (TPSA) is 35.2 Å². The summed E-state index contributed by atoms with van der Waals surface area (Å²) in [6, 6.07) is 7.95. The molecule has 0 heterocycles. The molecule has 0 aliphatic rings. The predicted molar refractivity (Wildman–Crippen MR) is 85.8 cm³/mol. The second kappa shape index (κ2) is 9.02. The van der Waals surface area contributed by atoms with Gasteiger partial charge in [0.15, 0.2) is 0 Å². The van der Waals surface area contributed by atoms with Crippen molar-refractivity contribution in [3.8, 4) is 11.8 Å². The normalized spacial score (nSPS) is 11.0. The number of benzene rings is 1. The molecule has 0 bridgehead atoms. The van der Waals surface area contributed by atoms with Gasteiger partial charge >= 0.3 is 0 Å². The third-order valence-electron chi connectivity index (χ3n) is 3.05. The molecule has 0 saturated carbocycles. The number of hydrogen-bond donors (Lipinski definition) is 1. The number of aryl methyl sites for hydroxylation is 1. The first-order valence-electron chi connectivity index (χ1n) is 7.02. The zero-order valence-electron chi connectivity index (χ0n) is 12.4. The Balaban J connectivity index is 2.13. The van der Waals surface area contributed by atoms with E-state index in [-0.39, 0.29) is 5.41 Å². The third kappa shape index (κ3) is 6.96. The van der Waals surface area contributed by atoms with E-state index in [1.54, 1.807) is 0 Å². The van der Waals surface area contributed by atoms with Crippen molar-refractivity contribution in [3.63, 3.8) is 0 Å². The molecule has 2 N–H and O–H groups in total. The van der Waals surface area contributed by atoms with E-state index in [2.05, 4.69) is 31.8 Å². The Labute approximate surface area is 127 Å². The van der Waals surface area contributed by atoms with Gasteiger partial charge in [0.25, 0.3) is 0 Å². The molecule has 0 aromatic heterocycles. The number of nitrogens with two attached hydrogens (primary N) is 1. The Hall–Kier alpha value is -1.01. The number of halogens is 1. The molecule has 2 nitrogen and oxygen atoms in total. The van der Waals surface area contributed by atoms with Gasteiger partial charge in [-0.1, -0.05) is 49.6 Å². The van der Waals surface area contributed by atoms with Gasteiger partial charge in [0, 0.05) is 16.9 Å². The minimum Gasteiger partial charge on any atom is -0.368 e. The first-order valence-corrected chi connectivity index (χ1v) is 7.40. The van der Waals surface area contributed by atoms with E-state index >= 15 is 0 Å². The van der Waals surface area contributed by atoms with Crippen molar-refractivity contribution in [2.75, 3.05) is 19.8 Å².